The maximum atomic E-state index is 11.1. The predicted molar refractivity (Wildman–Crippen MR) is 83.3 cm³/mol. The van der Waals surface area contributed by atoms with Crippen molar-refractivity contribution in [2.24, 2.45) is 5.92 Å². The first kappa shape index (κ1) is 15.0. The van der Waals surface area contributed by atoms with Crippen LogP contribution >= 0.6 is 11.3 Å². The van der Waals surface area contributed by atoms with Crippen LogP contribution in [-0.4, -0.2) is 4.92 Å². The number of nitriles is 1. The molecular formula is C15H15N3O2S. The molecule has 0 saturated heterocycles. The van der Waals surface area contributed by atoms with Gasteiger partial charge in [0, 0.05) is 10.9 Å². The van der Waals surface area contributed by atoms with Crippen LogP contribution in [0.1, 0.15) is 30.3 Å². The third-order valence-corrected chi connectivity index (χ3v) is 4.11. The molecule has 1 aromatic carbocycles. The first-order chi connectivity index (χ1) is 10.0. The van der Waals surface area contributed by atoms with E-state index in [1.807, 2.05) is 23.6 Å². The predicted octanol–water partition coefficient (Wildman–Crippen LogP) is 4.34. The minimum Gasteiger partial charge on any atom is -0.372 e. The van der Waals surface area contributed by atoms with Gasteiger partial charge < -0.3 is 5.32 Å². The quantitative estimate of drug-likeness (QED) is 0.658. The maximum absolute atomic E-state index is 11.1. The van der Waals surface area contributed by atoms with E-state index < -0.39 is 4.92 Å². The molecule has 0 aliphatic carbocycles. The van der Waals surface area contributed by atoms with Gasteiger partial charge in [0.05, 0.1) is 22.6 Å². The van der Waals surface area contributed by atoms with Crippen LogP contribution in [0.3, 0.4) is 0 Å². The Hall–Kier alpha value is -2.39. The van der Waals surface area contributed by atoms with E-state index in [0.29, 0.717) is 11.3 Å². The molecule has 0 spiro atoms. The van der Waals surface area contributed by atoms with Crippen molar-refractivity contribution >= 4 is 22.7 Å². The number of nitro benzene ring substituents is 1. The minimum atomic E-state index is -0.435. The smallest absolute Gasteiger partial charge is 0.292 e. The molecule has 0 amide bonds. The Morgan fingerprint density at radius 2 is 2.14 bits per heavy atom. The molecule has 1 N–H and O–H groups in total. The van der Waals surface area contributed by atoms with E-state index in [2.05, 4.69) is 19.2 Å². The number of benzene rings is 1. The second-order valence-electron chi connectivity index (χ2n) is 4.98. The number of anilines is 1. The molecule has 0 radical (unpaired) electrons. The number of thiophene rings is 1. The molecule has 5 nitrogen and oxygen atoms in total. The van der Waals surface area contributed by atoms with Crippen LogP contribution in [0.15, 0.2) is 35.7 Å². The highest BCUT2D eigenvalue weighted by Crippen LogP contribution is 2.34. The normalized spacial score (nSPS) is 11.9. The van der Waals surface area contributed by atoms with Crippen LogP contribution in [0, 0.1) is 27.4 Å². The van der Waals surface area contributed by atoms with E-state index in [1.165, 1.54) is 18.2 Å². The molecule has 1 atom stereocenters. The van der Waals surface area contributed by atoms with E-state index in [9.17, 15) is 10.1 Å². The van der Waals surface area contributed by atoms with E-state index in [4.69, 9.17) is 5.26 Å². The van der Waals surface area contributed by atoms with Gasteiger partial charge in [0.2, 0.25) is 0 Å². The fraction of sp³-hybridized carbons (Fsp3) is 0.267. The molecular weight excluding hydrogens is 286 g/mol. The Morgan fingerprint density at radius 3 is 2.67 bits per heavy atom. The van der Waals surface area contributed by atoms with Crippen molar-refractivity contribution in [2.75, 3.05) is 5.32 Å². The molecule has 1 unspecified atom stereocenters. The van der Waals surface area contributed by atoms with Gasteiger partial charge in [0.25, 0.3) is 5.69 Å². The molecule has 0 bridgehead atoms. The second kappa shape index (κ2) is 6.37. The van der Waals surface area contributed by atoms with Gasteiger partial charge in [-0.3, -0.25) is 10.1 Å². The topological polar surface area (TPSA) is 79.0 Å². The molecule has 21 heavy (non-hydrogen) atoms. The number of nitro groups is 1. The van der Waals surface area contributed by atoms with E-state index in [1.54, 1.807) is 11.3 Å². The Balaban J connectivity index is 2.40. The highest BCUT2D eigenvalue weighted by Gasteiger charge is 2.21. The van der Waals surface area contributed by atoms with Crippen molar-refractivity contribution in [3.05, 3.63) is 56.3 Å². The summed E-state index contributed by atoms with van der Waals surface area (Å²) in [5.74, 6) is 0.258. The molecule has 6 heteroatoms. The number of hydrogen-bond acceptors (Lipinski definition) is 5. The summed E-state index contributed by atoms with van der Waals surface area (Å²) in [7, 11) is 0. The molecule has 2 rings (SSSR count). The van der Waals surface area contributed by atoms with Crippen molar-refractivity contribution in [3.63, 3.8) is 0 Å². The highest BCUT2D eigenvalue weighted by atomic mass is 32.1. The van der Waals surface area contributed by atoms with Gasteiger partial charge in [-0.1, -0.05) is 19.9 Å². The van der Waals surface area contributed by atoms with Crippen LogP contribution < -0.4 is 5.32 Å². The van der Waals surface area contributed by atoms with Crippen LogP contribution in [0.4, 0.5) is 11.4 Å². The largest absolute Gasteiger partial charge is 0.372 e. The first-order valence-corrected chi connectivity index (χ1v) is 7.39. The zero-order chi connectivity index (χ0) is 15.4. The molecule has 2 aromatic rings. The average Bonchev–Trinajstić information content (AvgIpc) is 2.97. The van der Waals surface area contributed by atoms with Crippen LogP contribution in [0.5, 0.6) is 0 Å². The first-order valence-electron chi connectivity index (χ1n) is 6.51. The average molecular weight is 301 g/mol. The lowest BCUT2D eigenvalue weighted by molar-refractivity contribution is -0.384. The van der Waals surface area contributed by atoms with Gasteiger partial charge in [-0.05, 0) is 29.5 Å². The zero-order valence-corrected chi connectivity index (χ0v) is 12.6. The lowest BCUT2D eigenvalue weighted by Crippen LogP contribution is -2.16. The summed E-state index contributed by atoms with van der Waals surface area (Å²) in [6.07, 6.45) is 0. The lowest BCUT2D eigenvalue weighted by Gasteiger charge is -2.22. The van der Waals surface area contributed by atoms with E-state index in [0.717, 1.165) is 4.88 Å². The standard InChI is InChI=1S/C15H15N3O2S/c1-10(2)15(14-4-3-7-21-14)17-12-8-11(9-16)5-6-13(12)18(19)20/h3-8,10,15,17H,1-2H3. The molecule has 1 heterocycles. The van der Waals surface area contributed by atoms with E-state index >= 15 is 0 Å². The highest BCUT2D eigenvalue weighted by molar-refractivity contribution is 7.10. The van der Waals surface area contributed by atoms with Gasteiger partial charge in [-0.25, -0.2) is 0 Å². The van der Waals surface area contributed by atoms with Crippen molar-refractivity contribution < 1.29 is 4.92 Å². The molecule has 0 aliphatic heterocycles. The van der Waals surface area contributed by atoms with Gasteiger partial charge >= 0.3 is 0 Å². The molecule has 108 valence electrons. The number of hydrogen-bond donors (Lipinski definition) is 1. The van der Waals surface area contributed by atoms with Crippen LogP contribution in [0.25, 0.3) is 0 Å². The number of nitrogens with zero attached hydrogens (tertiary/aromatic N) is 2. The Labute approximate surface area is 127 Å². The SMILES string of the molecule is CC(C)C(Nc1cc(C#N)ccc1[N+](=O)[O-])c1cccs1. The number of rotatable bonds is 5. The Morgan fingerprint density at radius 1 is 1.38 bits per heavy atom. The van der Waals surface area contributed by atoms with Crippen molar-refractivity contribution in [3.8, 4) is 6.07 Å². The molecule has 0 aliphatic rings. The van der Waals surface area contributed by atoms with E-state index in [-0.39, 0.29) is 17.6 Å². The monoisotopic (exact) mass is 301 g/mol. The van der Waals surface area contributed by atoms with Gasteiger partial charge in [0.1, 0.15) is 5.69 Å². The van der Waals surface area contributed by atoms with Gasteiger partial charge in [-0.2, -0.15) is 5.26 Å². The summed E-state index contributed by atoms with van der Waals surface area (Å²) >= 11 is 1.61. The second-order valence-corrected chi connectivity index (χ2v) is 5.96. The lowest BCUT2D eigenvalue weighted by atomic mass is 10.0. The summed E-state index contributed by atoms with van der Waals surface area (Å²) in [6, 6.07) is 10.3. The fourth-order valence-electron chi connectivity index (χ4n) is 2.08. The summed E-state index contributed by atoms with van der Waals surface area (Å²) in [5, 5.41) is 25.3. The fourth-order valence-corrected chi connectivity index (χ4v) is 3.03. The van der Waals surface area contributed by atoms with Gasteiger partial charge in [-0.15, -0.1) is 11.3 Å². The summed E-state index contributed by atoms with van der Waals surface area (Å²) < 4.78 is 0. The van der Waals surface area contributed by atoms with Crippen molar-refractivity contribution in [1.29, 1.82) is 5.26 Å². The minimum absolute atomic E-state index is 0.0174. The summed E-state index contributed by atoms with van der Waals surface area (Å²) in [6.45, 7) is 4.11. The van der Waals surface area contributed by atoms with Crippen molar-refractivity contribution in [1.82, 2.24) is 0 Å². The van der Waals surface area contributed by atoms with Crippen LogP contribution in [0.2, 0.25) is 0 Å². The summed E-state index contributed by atoms with van der Waals surface area (Å²) in [5.41, 5.74) is 0.763. The maximum Gasteiger partial charge on any atom is 0.292 e. The Kier molecular flexibility index (Phi) is 4.55. The van der Waals surface area contributed by atoms with Crippen LogP contribution in [-0.2, 0) is 0 Å². The van der Waals surface area contributed by atoms with Crippen molar-refractivity contribution in [2.45, 2.75) is 19.9 Å². The third kappa shape index (κ3) is 3.38. The zero-order valence-electron chi connectivity index (χ0n) is 11.7. The molecule has 0 fully saturated rings. The van der Waals surface area contributed by atoms with Gasteiger partial charge in [0.15, 0.2) is 0 Å². The summed E-state index contributed by atoms with van der Waals surface area (Å²) in [4.78, 5) is 11.8. The molecule has 0 saturated carbocycles. The molecule has 1 aromatic heterocycles. The number of nitrogens with one attached hydrogen (secondary N) is 1. The third-order valence-electron chi connectivity index (χ3n) is 3.15. The Bertz CT molecular complexity index is 675.